The van der Waals surface area contributed by atoms with Crippen LogP contribution in [-0.2, 0) is 31.9 Å². The normalized spacial score (nSPS) is 13.7. The zero-order valence-electron chi connectivity index (χ0n) is 28.0. The average Bonchev–Trinajstić information content (AvgIpc) is 3.05. The van der Waals surface area contributed by atoms with Crippen LogP contribution in [0.4, 0.5) is 17.2 Å². The molecule has 5 heteroatoms. The fraction of sp³-hybridized carbons (Fsp3) is 0.238. The van der Waals surface area contributed by atoms with E-state index in [-0.39, 0.29) is 43.6 Å². The Morgan fingerprint density at radius 2 is 1.55 bits per heavy atom. The number of aromatic nitrogens is 2. The van der Waals surface area contributed by atoms with Gasteiger partial charge in [-0.3, -0.25) is 4.98 Å². The van der Waals surface area contributed by atoms with E-state index in [1.54, 1.807) is 0 Å². The number of pyridine rings is 2. The molecule has 7 rings (SSSR count). The van der Waals surface area contributed by atoms with Gasteiger partial charge in [0, 0.05) is 43.9 Å². The number of aromatic hydroxyl groups is 1. The van der Waals surface area contributed by atoms with Crippen molar-refractivity contribution in [3.63, 3.8) is 0 Å². The van der Waals surface area contributed by atoms with Crippen molar-refractivity contribution in [2.24, 2.45) is 0 Å². The van der Waals surface area contributed by atoms with Gasteiger partial charge in [0.2, 0.25) is 0 Å². The van der Waals surface area contributed by atoms with Crippen LogP contribution in [0.25, 0.3) is 33.3 Å². The Kier molecular flexibility index (Phi) is 8.39. The molecule has 3 heterocycles. The van der Waals surface area contributed by atoms with Crippen molar-refractivity contribution in [3.8, 4) is 28.1 Å². The zero-order chi connectivity index (χ0) is 32.4. The molecule has 0 fully saturated rings. The summed E-state index contributed by atoms with van der Waals surface area (Å²) in [7, 11) is 0. The maximum atomic E-state index is 11.8. The molecule has 2 aromatic heterocycles. The number of rotatable bonds is 4. The Labute approximate surface area is 292 Å². The van der Waals surface area contributed by atoms with Crippen LogP contribution in [0.1, 0.15) is 76.6 Å². The standard InChI is InChI=1S/C42H40N3O.Pt/c1-26(2)31-25-32(27-15-18-29(19-16-27)41(3,4)5)40(46)39-30(31)20-22-35(44-39)28-17-21-34-37(24-28)45(38-14-10-11-23-43-38)36-13-9-8-12-33(36)42(34,6)7;/h8-23,25-26,46H,1-7H3;/q-1;. The van der Waals surface area contributed by atoms with E-state index in [0.29, 0.717) is 5.52 Å². The van der Waals surface area contributed by atoms with E-state index in [0.717, 1.165) is 50.5 Å². The van der Waals surface area contributed by atoms with Gasteiger partial charge in [-0.05, 0) is 74.6 Å². The van der Waals surface area contributed by atoms with Crippen LogP contribution in [0.3, 0.4) is 0 Å². The molecule has 1 N–H and O–H groups in total. The fourth-order valence-electron chi connectivity index (χ4n) is 6.80. The average molecular weight is 798 g/mol. The van der Waals surface area contributed by atoms with Crippen molar-refractivity contribution >= 4 is 28.1 Å². The minimum atomic E-state index is -0.231. The second kappa shape index (κ2) is 12.1. The van der Waals surface area contributed by atoms with Gasteiger partial charge in [0.1, 0.15) is 17.1 Å². The number of nitrogens with zero attached hydrogens (tertiary/aromatic N) is 3. The van der Waals surface area contributed by atoms with Gasteiger partial charge in [0.25, 0.3) is 0 Å². The van der Waals surface area contributed by atoms with Crippen LogP contribution in [0.2, 0.25) is 0 Å². The van der Waals surface area contributed by atoms with Gasteiger partial charge in [-0.15, -0.1) is 23.8 Å². The van der Waals surface area contributed by atoms with Gasteiger partial charge in [0.15, 0.2) is 0 Å². The first-order valence-corrected chi connectivity index (χ1v) is 16.1. The molecule has 0 aliphatic carbocycles. The number of hydrogen-bond donors (Lipinski definition) is 1. The number of hydrogen-bond acceptors (Lipinski definition) is 4. The van der Waals surface area contributed by atoms with Crippen molar-refractivity contribution in [1.82, 2.24) is 9.97 Å². The molecule has 0 bridgehead atoms. The van der Waals surface area contributed by atoms with Gasteiger partial charge in [-0.2, -0.15) is 0 Å². The fourth-order valence-corrected chi connectivity index (χ4v) is 6.80. The number of benzene rings is 4. The third-order valence-corrected chi connectivity index (χ3v) is 9.46. The van der Waals surface area contributed by atoms with E-state index in [9.17, 15) is 5.11 Å². The molecule has 1 aliphatic heterocycles. The van der Waals surface area contributed by atoms with E-state index in [4.69, 9.17) is 9.97 Å². The summed E-state index contributed by atoms with van der Waals surface area (Å²) in [6.45, 7) is 15.6. The first-order valence-electron chi connectivity index (χ1n) is 16.1. The largest absolute Gasteiger partial charge is 0.505 e. The van der Waals surface area contributed by atoms with Crippen molar-refractivity contribution < 1.29 is 26.2 Å². The van der Waals surface area contributed by atoms with Crippen molar-refractivity contribution in [1.29, 1.82) is 0 Å². The topological polar surface area (TPSA) is 49.3 Å². The van der Waals surface area contributed by atoms with Gasteiger partial charge in [-0.25, -0.2) is 4.98 Å². The first-order chi connectivity index (χ1) is 21.9. The number of para-hydroxylation sites is 1. The van der Waals surface area contributed by atoms with Crippen LogP contribution in [-0.4, -0.2) is 15.1 Å². The summed E-state index contributed by atoms with van der Waals surface area (Å²) in [4.78, 5) is 12.1. The van der Waals surface area contributed by atoms with Gasteiger partial charge >= 0.3 is 0 Å². The molecule has 0 saturated carbocycles. The second-order valence-corrected chi connectivity index (χ2v) is 14.2. The van der Waals surface area contributed by atoms with Crippen molar-refractivity contribution in [3.05, 3.63) is 132 Å². The van der Waals surface area contributed by atoms with E-state index < -0.39 is 0 Å². The predicted molar refractivity (Wildman–Crippen MR) is 191 cm³/mol. The molecule has 47 heavy (non-hydrogen) atoms. The molecule has 4 aromatic carbocycles. The third-order valence-electron chi connectivity index (χ3n) is 9.46. The summed E-state index contributed by atoms with van der Waals surface area (Å²) in [6.07, 6.45) is 1.83. The summed E-state index contributed by atoms with van der Waals surface area (Å²) < 4.78 is 0. The van der Waals surface area contributed by atoms with Crippen LogP contribution in [0.15, 0.2) is 103 Å². The molecule has 6 aromatic rings. The maximum Gasteiger partial charge on any atom is 0.148 e. The number of phenolic OH excluding ortho intramolecular Hbond substituents is 1. The molecule has 0 spiro atoms. The third kappa shape index (κ3) is 5.57. The Morgan fingerprint density at radius 3 is 2.23 bits per heavy atom. The van der Waals surface area contributed by atoms with E-state index in [1.165, 1.54) is 16.7 Å². The summed E-state index contributed by atoms with van der Waals surface area (Å²) >= 11 is 0. The summed E-state index contributed by atoms with van der Waals surface area (Å²) in [6, 6.07) is 37.4. The Morgan fingerprint density at radius 1 is 0.830 bits per heavy atom. The van der Waals surface area contributed by atoms with E-state index in [2.05, 4.69) is 138 Å². The van der Waals surface area contributed by atoms with Crippen molar-refractivity contribution in [2.45, 2.75) is 65.2 Å². The van der Waals surface area contributed by atoms with Gasteiger partial charge < -0.3 is 10.0 Å². The smallest absolute Gasteiger partial charge is 0.148 e. The number of anilines is 3. The number of fused-ring (bicyclic) bond motifs is 3. The van der Waals surface area contributed by atoms with Crippen LogP contribution in [0, 0.1) is 6.07 Å². The SMILES string of the molecule is CC(C)c1cc(-c2ccc(C(C)(C)C)cc2)c(O)c2nc(-c3[c-]c4c(cc3)C(C)(C)c3ccccc3N4c3ccccn3)ccc12.[Pt]. The monoisotopic (exact) mass is 797 g/mol. The molecule has 0 unspecified atom stereocenters. The molecule has 1 aliphatic rings. The van der Waals surface area contributed by atoms with Crippen molar-refractivity contribution in [2.75, 3.05) is 4.90 Å². The van der Waals surface area contributed by atoms with Gasteiger partial charge in [0.05, 0.1) is 0 Å². The van der Waals surface area contributed by atoms with E-state index >= 15 is 0 Å². The summed E-state index contributed by atoms with van der Waals surface area (Å²) in [5, 5.41) is 12.7. The Hall–Kier alpha value is -4.27. The minimum Gasteiger partial charge on any atom is -0.505 e. The van der Waals surface area contributed by atoms with Crippen LogP contribution < -0.4 is 4.90 Å². The van der Waals surface area contributed by atoms with Crippen LogP contribution >= 0.6 is 0 Å². The molecule has 0 saturated heterocycles. The second-order valence-electron chi connectivity index (χ2n) is 14.2. The maximum absolute atomic E-state index is 11.8. The number of phenols is 1. The summed E-state index contributed by atoms with van der Waals surface area (Å²) in [5.41, 5.74) is 10.7. The quantitative estimate of drug-likeness (QED) is 0.181. The molecule has 0 amide bonds. The first kappa shape index (κ1) is 32.7. The molecular formula is C42H40N3OPt-. The molecule has 240 valence electrons. The molecule has 0 atom stereocenters. The van der Waals surface area contributed by atoms with E-state index in [1.807, 2.05) is 24.4 Å². The summed E-state index contributed by atoms with van der Waals surface area (Å²) in [5.74, 6) is 1.30. The predicted octanol–water partition coefficient (Wildman–Crippen LogP) is 11.0. The Bertz CT molecular complexity index is 2090. The molecule has 0 radical (unpaired) electrons. The molecule has 4 nitrogen and oxygen atoms in total. The minimum absolute atomic E-state index is 0. The van der Waals surface area contributed by atoms with Crippen LogP contribution in [0.5, 0.6) is 5.75 Å². The van der Waals surface area contributed by atoms with Gasteiger partial charge in [-0.1, -0.05) is 115 Å². The molecular weight excluding hydrogens is 758 g/mol. The zero-order valence-corrected chi connectivity index (χ0v) is 30.3. The Balaban J connectivity index is 0.00000386.